The van der Waals surface area contributed by atoms with E-state index < -0.39 is 0 Å². The maximum atomic E-state index is 11.2. The maximum absolute atomic E-state index is 11.2. The van der Waals surface area contributed by atoms with Gasteiger partial charge in [0, 0.05) is 50.3 Å². The molecule has 0 bridgehead atoms. The molecule has 2 aliphatic heterocycles. The van der Waals surface area contributed by atoms with E-state index in [0.717, 1.165) is 43.2 Å². The topological polar surface area (TPSA) is 61.4 Å². The number of thioether (sulfide) groups is 1. The smallest absolute Gasteiger partial charge is 0.229 e. The van der Waals surface area contributed by atoms with Crippen LogP contribution in [0.4, 0.5) is 11.8 Å². The van der Waals surface area contributed by atoms with Crippen LogP contribution in [0, 0.1) is 0 Å². The Balaban J connectivity index is 1.87. The molecule has 3 heterocycles. The second kappa shape index (κ2) is 6.81. The summed E-state index contributed by atoms with van der Waals surface area (Å²) in [6, 6.07) is 1.57. The van der Waals surface area contributed by atoms with Gasteiger partial charge in [-0.3, -0.25) is 0 Å². The van der Waals surface area contributed by atoms with Crippen LogP contribution < -0.4 is 15.1 Å². The van der Waals surface area contributed by atoms with Gasteiger partial charge in [0.15, 0.2) is 0 Å². The third-order valence-corrected chi connectivity index (χ3v) is 4.84. The lowest BCUT2D eigenvalue weighted by Gasteiger charge is -2.34. The van der Waals surface area contributed by atoms with Crippen molar-refractivity contribution in [2.45, 2.75) is 6.04 Å². The molecule has 0 aliphatic carbocycles. The van der Waals surface area contributed by atoms with E-state index in [2.05, 4.69) is 20.2 Å². The Kier molecular flexibility index (Phi) is 4.82. The predicted molar refractivity (Wildman–Crippen MR) is 86.6 cm³/mol. The highest BCUT2D eigenvalue weighted by molar-refractivity contribution is 7.99. The number of piperazine rings is 1. The normalized spacial score (nSPS) is 23.2. The van der Waals surface area contributed by atoms with Gasteiger partial charge in [0.2, 0.25) is 5.95 Å². The molecular formula is C13H18ClN5OS. The highest BCUT2D eigenvalue weighted by Crippen LogP contribution is 2.24. The van der Waals surface area contributed by atoms with Gasteiger partial charge in [-0.25, -0.2) is 4.98 Å². The van der Waals surface area contributed by atoms with Gasteiger partial charge >= 0.3 is 0 Å². The molecule has 0 amide bonds. The number of nitrogens with one attached hydrogen (secondary N) is 1. The van der Waals surface area contributed by atoms with Crippen LogP contribution in [0.25, 0.3) is 0 Å². The standard InChI is InChI=1S/C13H18ClN5OS/c14-11-7-12(18-3-5-21-6-4-18)17-13(16-11)19-2-1-15-8-10(19)9-20/h7,9-10,15H,1-6,8H2. The van der Waals surface area contributed by atoms with E-state index in [1.807, 2.05) is 16.7 Å². The number of nitrogens with zero attached hydrogens (tertiary/aromatic N) is 4. The minimum atomic E-state index is -0.234. The first kappa shape index (κ1) is 14.9. The lowest BCUT2D eigenvalue weighted by atomic mass is 10.2. The fraction of sp³-hybridized carbons (Fsp3) is 0.615. The fourth-order valence-corrected chi connectivity index (χ4v) is 3.65. The molecule has 8 heteroatoms. The van der Waals surface area contributed by atoms with Crippen molar-refractivity contribution in [1.29, 1.82) is 0 Å². The lowest BCUT2D eigenvalue weighted by Crippen LogP contribution is -2.53. The van der Waals surface area contributed by atoms with E-state index in [4.69, 9.17) is 11.6 Å². The zero-order valence-corrected chi connectivity index (χ0v) is 13.2. The van der Waals surface area contributed by atoms with Crippen molar-refractivity contribution in [3.05, 3.63) is 11.2 Å². The number of hydrogen-bond donors (Lipinski definition) is 1. The summed E-state index contributed by atoms with van der Waals surface area (Å²) < 4.78 is 0. The Labute approximate surface area is 133 Å². The Morgan fingerprint density at radius 3 is 2.90 bits per heavy atom. The molecule has 2 aliphatic rings. The summed E-state index contributed by atoms with van der Waals surface area (Å²) in [5.74, 6) is 3.60. The third-order valence-electron chi connectivity index (χ3n) is 3.70. The molecule has 1 aromatic rings. The van der Waals surface area contributed by atoms with Crippen LogP contribution in [0.1, 0.15) is 0 Å². The number of anilines is 2. The van der Waals surface area contributed by atoms with E-state index in [-0.39, 0.29) is 6.04 Å². The van der Waals surface area contributed by atoms with Crippen LogP contribution in [-0.4, -0.2) is 66.5 Å². The highest BCUT2D eigenvalue weighted by atomic mass is 35.5. The molecule has 0 spiro atoms. The Bertz CT molecular complexity index is 511. The average molecular weight is 328 g/mol. The number of aldehydes is 1. The Morgan fingerprint density at radius 1 is 1.33 bits per heavy atom. The van der Waals surface area contributed by atoms with Gasteiger partial charge in [0.1, 0.15) is 17.3 Å². The van der Waals surface area contributed by atoms with Crippen molar-refractivity contribution >= 4 is 41.4 Å². The first-order valence-corrected chi connectivity index (χ1v) is 8.61. The van der Waals surface area contributed by atoms with Crippen molar-refractivity contribution < 1.29 is 4.79 Å². The summed E-state index contributed by atoms with van der Waals surface area (Å²) in [6.07, 6.45) is 0.938. The average Bonchev–Trinajstić information content (AvgIpc) is 2.55. The number of aromatic nitrogens is 2. The highest BCUT2D eigenvalue weighted by Gasteiger charge is 2.25. The second-order valence-electron chi connectivity index (χ2n) is 5.05. The quantitative estimate of drug-likeness (QED) is 0.646. The SMILES string of the molecule is O=CC1CNCCN1c1nc(Cl)cc(N2CCSCC2)n1. The van der Waals surface area contributed by atoms with Gasteiger partial charge in [0.05, 0.1) is 6.04 Å². The van der Waals surface area contributed by atoms with Crippen LogP contribution in [0.3, 0.4) is 0 Å². The minimum absolute atomic E-state index is 0.234. The first-order valence-electron chi connectivity index (χ1n) is 7.08. The van der Waals surface area contributed by atoms with Gasteiger partial charge in [-0.05, 0) is 0 Å². The Hall–Kier alpha value is -1.05. The van der Waals surface area contributed by atoms with Crippen LogP contribution in [0.2, 0.25) is 5.15 Å². The molecule has 2 saturated heterocycles. The van der Waals surface area contributed by atoms with Crippen molar-refractivity contribution in [1.82, 2.24) is 15.3 Å². The van der Waals surface area contributed by atoms with Gasteiger partial charge < -0.3 is 19.9 Å². The van der Waals surface area contributed by atoms with Crippen LogP contribution in [0.5, 0.6) is 0 Å². The molecule has 1 N–H and O–H groups in total. The van der Waals surface area contributed by atoms with Gasteiger partial charge in [0.25, 0.3) is 0 Å². The maximum Gasteiger partial charge on any atom is 0.229 e. The molecule has 2 fully saturated rings. The van der Waals surface area contributed by atoms with Crippen molar-refractivity contribution in [3.8, 4) is 0 Å². The van der Waals surface area contributed by atoms with E-state index in [1.54, 1.807) is 6.07 Å². The minimum Gasteiger partial charge on any atom is -0.355 e. The molecule has 0 radical (unpaired) electrons. The zero-order chi connectivity index (χ0) is 14.7. The van der Waals surface area contributed by atoms with Crippen LogP contribution in [0.15, 0.2) is 6.07 Å². The van der Waals surface area contributed by atoms with E-state index in [9.17, 15) is 4.79 Å². The zero-order valence-electron chi connectivity index (χ0n) is 11.7. The fourth-order valence-electron chi connectivity index (χ4n) is 2.57. The summed E-state index contributed by atoms with van der Waals surface area (Å²) >= 11 is 8.12. The summed E-state index contributed by atoms with van der Waals surface area (Å²) in [7, 11) is 0. The molecule has 0 aromatic carbocycles. The molecular weight excluding hydrogens is 310 g/mol. The number of carbonyl (C=O) groups is 1. The summed E-state index contributed by atoms with van der Waals surface area (Å²) in [6.45, 7) is 4.08. The number of rotatable bonds is 3. The Morgan fingerprint density at radius 2 is 2.14 bits per heavy atom. The van der Waals surface area contributed by atoms with Crippen LogP contribution >= 0.6 is 23.4 Å². The number of hydrogen-bond acceptors (Lipinski definition) is 7. The van der Waals surface area contributed by atoms with Gasteiger partial charge in [-0.15, -0.1) is 0 Å². The summed E-state index contributed by atoms with van der Waals surface area (Å²) in [4.78, 5) is 24.3. The van der Waals surface area contributed by atoms with Gasteiger partial charge in [-0.2, -0.15) is 16.7 Å². The number of carbonyl (C=O) groups excluding carboxylic acids is 1. The van der Waals surface area contributed by atoms with E-state index in [1.165, 1.54) is 0 Å². The predicted octanol–water partition coefficient (Wildman–Crippen LogP) is 0.660. The second-order valence-corrected chi connectivity index (χ2v) is 6.66. The van der Waals surface area contributed by atoms with Crippen molar-refractivity contribution in [2.24, 2.45) is 0 Å². The third kappa shape index (κ3) is 3.41. The summed E-state index contributed by atoms with van der Waals surface area (Å²) in [5, 5.41) is 3.63. The molecule has 1 aromatic heterocycles. The molecule has 1 unspecified atom stereocenters. The largest absolute Gasteiger partial charge is 0.355 e. The number of halogens is 1. The first-order chi connectivity index (χ1) is 10.3. The molecule has 114 valence electrons. The summed E-state index contributed by atoms with van der Waals surface area (Å²) in [5.41, 5.74) is 0. The molecule has 6 nitrogen and oxygen atoms in total. The van der Waals surface area contributed by atoms with E-state index >= 15 is 0 Å². The van der Waals surface area contributed by atoms with Crippen molar-refractivity contribution in [3.63, 3.8) is 0 Å². The molecule has 1 atom stereocenters. The lowest BCUT2D eigenvalue weighted by molar-refractivity contribution is -0.109. The molecule has 21 heavy (non-hydrogen) atoms. The molecule has 3 rings (SSSR count). The monoisotopic (exact) mass is 327 g/mol. The van der Waals surface area contributed by atoms with Crippen LogP contribution in [-0.2, 0) is 4.79 Å². The van der Waals surface area contributed by atoms with E-state index in [0.29, 0.717) is 24.2 Å². The molecule has 0 saturated carbocycles. The van der Waals surface area contributed by atoms with Gasteiger partial charge in [-0.1, -0.05) is 11.6 Å². The van der Waals surface area contributed by atoms with Crippen molar-refractivity contribution in [2.75, 3.05) is 54.0 Å².